The van der Waals surface area contributed by atoms with E-state index in [2.05, 4.69) is 20.8 Å². The fourth-order valence-corrected chi connectivity index (χ4v) is 2.39. The highest BCUT2D eigenvalue weighted by atomic mass is 35.5. The summed E-state index contributed by atoms with van der Waals surface area (Å²) in [6.45, 7) is 0. The van der Waals surface area contributed by atoms with Crippen molar-refractivity contribution in [2.24, 2.45) is 7.05 Å². The second-order valence-electron chi connectivity index (χ2n) is 3.96. The van der Waals surface area contributed by atoms with Gasteiger partial charge in [-0.3, -0.25) is 4.79 Å². The van der Waals surface area contributed by atoms with E-state index in [0.29, 0.717) is 33.7 Å². The second kappa shape index (κ2) is 6.58. The van der Waals surface area contributed by atoms with Crippen molar-refractivity contribution in [2.45, 2.75) is 11.6 Å². The van der Waals surface area contributed by atoms with E-state index in [9.17, 15) is 4.79 Å². The molecule has 0 aliphatic heterocycles. The predicted octanol–water partition coefficient (Wildman–Crippen LogP) is 1.57. The first-order valence-electron chi connectivity index (χ1n) is 5.76. The zero-order valence-electron chi connectivity index (χ0n) is 10.7. The van der Waals surface area contributed by atoms with E-state index >= 15 is 0 Å². The first-order chi connectivity index (χ1) is 9.56. The number of hydrogen-bond acceptors (Lipinski definition) is 6. The lowest BCUT2D eigenvalue weighted by Crippen LogP contribution is -2.13. The SMILES string of the molecule is Cn1nnnc1SCCC(=O)Nc1cc(Cl)ccc1N. The van der Waals surface area contributed by atoms with Crippen LogP contribution in [0, 0.1) is 0 Å². The summed E-state index contributed by atoms with van der Waals surface area (Å²) < 4.78 is 1.55. The average molecular weight is 313 g/mol. The van der Waals surface area contributed by atoms with E-state index in [1.807, 2.05) is 0 Å². The van der Waals surface area contributed by atoms with Crippen LogP contribution in [-0.4, -0.2) is 31.9 Å². The summed E-state index contributed by atoms with van der Waals surface area (Å²) in [4.78, 5) is 11.8. The molecule has 0 spiro atoms. The summed E-state index contributed by atoms with van der Waals surface area (Å²) in [7, 11) is 1.75. The minimum absolute atomic E-state index is 0.137. The smallest absolute Gasteiger partial charge is 0.225 e. The minimum Gasteiger partial charge on any atom is -0.397 e. The molecule has 0 aliphatic rings. The number of tetrazole rings is 1. The molecule has 106 valence electrons. The molecule has 20 heavy (non-hydrogen) atoms. The highest BCUT2D eigenvalue weighted by Crippen LogP contribution is 2.23. The van der Waals surface area contributed by atoms with Crippen molar-refractivity contribution in [1.29, 1.82) is 0 Å². The molecule has 1 aromatic carbocycles. The maximum atomic E-state index is 11.8. The van der Waals surface area contributed by atoms with Gasteiger partial charge in [-0.1, -0.05) is 23.4 Å². The largest absolute Gasteiger partial charge is 0.397 e. The van der Waals surface area contributed by atoms with Crippen LogP contribution in [0.1, 0.15) is 6.42 Å². The zero-order chi connectivity index (χ0) is 14.5. The van der Waals surface area contributed by atoms with Gasteiger partial charge in [-0.25, -0.2) is 4.68 Å². The highest BCUT2D eigenvalue weighted by Gasteiger charge is 2.08. The van der Waals surface area contributed by atoms with Gasteiger partial charge in [0.2, 0.25) is 11.1 Å². The Bertz CT molecular complexity index is 617. The van der Waals surface area contributed by atoms with Crippen LogP contribution >= 0.6 is 23.4 Å². The molecule has 0 fully saturated rings. The number of benzene rings is 1. The van der Waals surface area contributed by atoms with Gasteiger partial charge in [0.1, 0.15) is 0 Å². The van der Waals surface area contributed by atoms with Crippen LogP contribution in [0.3, 0.4) is 0 Å². The summed E-state index contributed by atoms with van der Waals surface area (Å²) in [5.41, 5.74) is 6.76. The van der Waals surface area contributed by atoms with Crippen molar-refractivity contribution in [1.82, 2.24) is 20.2 Å². The van der Waals surface area contributed by atoms with E-state index in [4.69, 9.17) is 17.3 Å². The molecule has 0 bridgehead atoms. The van der Waals surface area contributed by atoms with Crippen LogP contribution in [0.25, 0.3) is 0 Å². The quantitative estimate of drug-likeness (QED) is 0.642. The molecule has 7 nitrogen and oxygen atoms in total. The highest BCUT2D eigenvalue weighted by molar-refractivity contribution is 7.99. The molecule has 9 heteroatoms. The Balaban J connectivity index is 1.84. The number of carbonyl (C=O) groups is 1. The van der Waals surface area contributed by atoms with Crippen LogP contribution in [0.15, 0.2) is 23.4 Å². The molecule has 0 atom stereocenters. The standard InChI is InChI=1S/C11H13ClN6OS/c1-18-11(15-16-17-18)20-5-4-10(19)14-9-6-7(12)2-3-8(9)13/h2-3,6H,4-5,13H2,1H3,(H,14,19). The zero-order valence-corrected chi connectivity index (χ0v) is 12.3. The Morgan fingerprint density at radius 1 is 1.55 bits per heavy atom. The number of nitrogen functional groups attached to an aromatic ring is 1. The van der Waals surface area contributed by atoms with Gasteiger partial charge in [0, 0.05) is 24.2 Å². The van der Waals surface area contributed by atoms with Crippen LogP contribution in [-0.2, 0) is 11.8 Å². The molecule has 0 saturated heterocycles. The van der Waals surface area contributed by atoms with Gasteiger partial charge >= 0.3 is 0 Å². The van der Waals surface area contributed by atoms with Gasteiger partial charge < -0.3 is 11.1 Å². The maximum Gasteiger partial charge on any atom is 0.225 e. The lowest BCUT2D eigenvalue weighted by molar-refractivity contribution is -0.115. The summed E-state index contributed by atoms with van der Waals surface area (Å²) in [6, 6.07) is 4.94. The number of thioether (sulfide) groups is 1. The van der Waals surface area contributed by atoms with Gasteiger partial charge in [0.15, 0.2) is 0 Å². The third-order valence-electron chi connectivity index (χ3n) is 2.43. The predicted molar refractivity (Wildman–Crippen MR) is 78.6 cm³/mol. The summed E-state index contributed by atoms with van der Waals surface area (Å²) in [5, 5.41) is 15.0. The maximum absolute atomic E-state index is 11.8. The lowest BCUT2D eigenvalue weighted by atomic mass is 10.2. The number of nitrogens with one attached hydrogen (secondary N) is 1. The number of hydrogen-bond donors (Lipinski definition) is 2. The van der Waals surface area contributed by atoms with Gasteiger partial charge in [0.25, 0.3) is 0 Å². The molecule has 1 heterocycles. The Morgan fingerprint density at radius 2 is 2.35 bits per heavy atom. The Kier molecular flexibility index (Phi) is 4.80. The van der Waals surface area contributed by atoms with E-state index in [1.165, 1.54) is 11.8 Å². The van der Waals surface area contributed by atoms with E-state index in [-0.39, 0.29) is 5.91 Å². The molecule has 0 aliphatic carbocycles. The van der Waals surface area contributed by atoms with E-state index < -0.39 is 0 Å². The van der Waals surface area contributed by atoms with Crippen molar-refractivity contribution in [3.05, 3.63) is 23.2 Å². The molecular weight excluding hydrogens is 300 g/mol. The molecule has 2 aromatic rings. The van der Waals surface area contributed by atoms with Crippen molar-refractivity contribution in [3.8, 4) is 0 Å². The molecular formula is C11H13ClN6OS. The second-order valence-corrected chi connectivity index (χ2v) is 5.46. The first-order valence-corrected chi connectivity index (χ1v) is 7.12. The normalized spacial score (nSPS) is 10.5. The van der Waals surface area contributed by atoms with Crippen molar-refractivity contribution in [3.63, 3.8) is 0 Å². The number of nitrogens with zero attached hydrogens (tertiary/aromatic N) is 4. The van der Waals surface area contributed by atoms with Crippen molar-refractivity contribution < 1.29 is 4.79 Å². The molecule has 2 rings (SSSR count). The van der Waals surface area contributed by atoms with Crippen LogP contribution < -0.4 is 11.1 Å². The third-order valence-corrected chi connectivity index (χ3v) is 3.68. The van der Waals surface area contributed by atoms with Crippen molar-refractivity contribution >= 4 is 40.6 Å². The van der Waals surface area contributed by atoms with Gasteiger partial charge in [-0.15, -0.1) is 5.10 Å². The Morgan fingerprint density at radius 3 is 3.05 bits per heavy atom. The molecule has 3 N–H and O–H groups in total. The molecule has 1 aromatic heterocycles. The summed E-state index contributed by atoms with van der Waals surface area (Å²) in [5.74, 6) is 0.433. The van der Waals surface area contributed by atoms with Gasteiger partial charge in [-0.2, -0.15) is 0 Å². The van der Waals surface area contributed by atoms with E-state index in [0.717, 1.165) is 0 Å². The molecule has 1 amide bonds. The van der Waals surface area contributed by atoms with Crippen molar-refractivity contribution in [2.75, 3.05) is 16.8 Å². The number of anilines is 2. The Labute approximate surface area is 124 Å². The summed E-state index contributed by atoms with van der Waals surface area (Å²) in [6.07, 6.45) is 0.323. The molecule has 0 saturated carbocycles. The molecule has 0 unspecified atom stereocenters. The number of aromatic nitrogens is 4. The number of halogens is 1. The lowest BCUT2D eigenvalue weighted by Gasteiger charge is -2.08. The number of amides is 1. The number of carbonyl (C=O) groups excluding carboxylic acids is 1. The number of nitrogens with two attached hydrogens (primary N) is 1. The number of aryl methyl sites for hydroxylation is 1. The van der Waals surface area contributed by atoms with E-state index in [1.54, 1.807) is 29.9 Å². The third kappa shape index (κ3) is 3.84. The Hall–Kier alpha value is -1.80. The van der Waals surface area contributed by atoms with Crippen LogP contribution in [0.4, 0.5) is 11.4 Å². The van der Waals surface area contributed by atoms with Gasteiger partial charge in [-0.05, 0) is 28.6 Å². The molecule has 0 radical (unpaired) electrons. The monoisotopic (exact) mass is 312 g/mol. The van der Waals surface area contributed by atoms with Crippen LogP contribution in [0.2, 0.25) is 5.02 Å². The fraction of sp³-hybridized carbons (Fsp3) is 0.273. The topological polar surface area (TPSA) is 98.7 Å². The first kappa shape index (κ1) is 14.6. The fourth-order valence-electron chi connectivity index (χ4n) is 1.43. The minimum atomic E-state index is -0.137. The number of rotatable bonds is 5. The average Bonchev–Trinajstić information content (AvgIpc) is 2.80. The van der Waals surface area contributed by atoms with Gasteiger partial charge in [0.05, 0.1) is 11.4 Å². The summed E-state index contributed by atoms with van der Waals surface area (Å²) >= 11 is 7.26. The van der Waals surface area contributed by atoms with Crippen LogP contribution in [0.5, 0.6) is 0 Å².